The lowest BCUT2D eigenvalue weighted by Crippen LogP contribution is -1.99. The molecule has 1 atom stereocenters. The van der Waals surface area contributed by atoms with Gasteiger partial charge in [-0.1, -0.05) is 0 Å². The molecule has 1 N–H and O–H groups in total. The number of rotatable bonds is 3. The van der Waals surface area contributed by atoms with Gasteiger partial charge in [0.1, 0.15) is 23.3 Å². The molecule has 1 aromatic carbocycles. The third-order valence-corrected chi connectivity index (χ3v) is 3.48. The summed E-state index contributed by atoms with van der Waals surface area (Å²) in [6.45, 7) is 4.52. The van der Waals surface area contributed by atoms with Crippen LogP contribution in [0.15, 0.2) is 35.0 Å². The van der Waals surface area contributed by atoms with E-state index in [1.165, 1.54) is 12.1 Å². The summed E-state index contributed by atoms with van der Waals surface area (Å²) < 4.78 is 20.7. The number of halogens is 1. The van der Waals surface area contributed by atoms with Crippen LogP contribution in [-0.2, 0) is 6.54 Å². The van der Waals surface area contributed by atoms with Crippen LogP contribution < -0.4 is 0 Å². The van der Waals surface area contributed by atoms with E-state index in [-0.39, 0.29) is 5.82 Å². The van der Waals surface area contributed by atoms with Crippen molar-refractivity contribution in [3.8, 4) is 0 Å². The summed E-state index contributed by atoms with van der Waals surface area (Å²) in [6.07, 6.45) is 2.49. The summed E-state index contributed by atoms with van der Waals surface area (Å²) in [5.74, 6) is 0.113. The smallest absolute Gasteiger partial charge is 0.141 e. The first-order chi connectivity index (χ1) is 9.60. The first kappa shape index (κ1) is 12.9. The van der Waals surface area contributed by atoms with Crippen molar-refractivity contribution in [1.82, 2.24) is 9.78 Å². The highest BCUT2D eigenvalue weighted by molar-refractivity contribution is 5.82. The van der Waals surface area contributed by atoms with Crippen LogP contribution in [0.5, 0.6) is 0 Å². The minimum Gasteiger partial charge on any atom is -0.458 e. The number of aliphatic hydroxyl groups is 1. The van der Waals surface area contributed by atoms with E-state index in [1.807, 2.05) is 13.8 Å². The van der Waals surface area contributed by atoms with Gasteiger partial charge in [-0.25, -0.2) is 4.39 Å². The molecule has 3 aromatic rings. The second-order valence-electron chi connectivity index (χ2n) is 4.76. The van der Waals surface area contributed by atoms with Gasteiger partial charge < -0.3 is 9.52 Å². The van der Waals surface area contributed by atoms with Crippen LogP contribution in [0.25, 0.3) is 11.0 Å². The van der Waals surface area contributed by atoms with Crippen LogP contribution in [0, 0.1) is 12.7 Å². The van der Waals surface area contributed by atoms with Gasteiger partial charge in [0, 0.05) is 29.3 Å². The van der Waals surface area contributed by atoms with Gasteiger partial charge >= 0.3 is 0 Å². The molecule has 0 bridgehead atoms. The fourth-order valence-corrected chi connectivity index (χ4v) is 2.32. The molecule has 2 aromatic heterocycles. The molecule has 3 rings (SSSR count). The molecule has 0 saturated carbocycles. The molecule has 0 aliphatic carbocycles. The molecule has 0 amide bonds. The molecule has 0 spiro atoms. The highest BCUT2D eigenvalue weighted by Crippen LogP contribution is 2.32. The molecule has 0 fully saturated rings. The Morgan fingerprint density at radius 2 is 2.25 bits per heavy atom. The molecular formula is C15H15FN2O2. The van der Waals surface area contributed by atoms with E-state index in [0.29, 0.717) is 22.3 Å². The van der Waals surface area contributed by atoms with Gasteiger partial charge in [0.25, 0.3) is 0 Å². The molecule has 2 heterocycles. The first-order valence-corrected chi connectivity index (χ1v) is 6.49. The lowest BCUT2D eigenvalue weighted by atomic mass is 10.1. The van der Waals surface area contributed by atoms with E-state index in [9.17, 15) is 9.50 Å². The number of fused-ring (bicyclic) bond motifs is 1. The Morgan fingerprint density at radius 3 is 2.95 bits per heavy atom. The van der Waals surface area contributed by atoms with Crippen molar-refractivity contribution >= 4 is 11.0 Å². The van der Waals surface area contributed by atoms with Crippen molar-refractivity contribution in [2.24, 2.45) is 0 Å². The minimum absolute atomic E-state index is 0.318. The van der Waals surface area contributed by atoms with Crippen LogP contribution in [0.1, 0.15) is 29.9 Å². The number of aliphatic hydroxyl groups excluding tert-OH is 1. The molecular weight excluding hydrogens is 259 g/mol. The Morgan fingerprint density at radius 1 is 1.45 bits per heavy atom. The second-order valence-corrected chi connectivity index (χ2v) is 4.76. The van der Waals surface area contributed by atoms with E-state index in [2.05, 4.69) is 5.10 Å². The number of furan rings is 1. The van der Waals surface area contributed by atoms with Crippen LogP contribution in [0.2, 0.25) is 0 Å². The van der Waals surface area contributed by atoms with Gasteiger partial charge in [0.05, 0.1) is 6.20 Å². The monoisotopic (exact) mass is 274 g/mol. The van der Waals surface area contributed by atoms with E-state index in [1.54, 1.807) is 23.1 Å². The summed E-state index contributed by atoms with van der Waals surface area (Å²) in [7, 11) is 0. The fourth-order valence-electron chi connectivity index (χ4n) is 2.32. The zero-order chi connectivity index (χ0) is 14.3. The number of hydrogen-bond donors (Lipinski definition) is 1. The van der Waals surface area contributed by atoms with Gasteiger partial charge in [-0.15, -0.1) is 0 Å². The lowest BCUT2D eigenvalue weighted by Gasteiger charge is -2.05. The largest absolute Gasteiger partial charge is 0.458 e. The predicted molar refractivity (Wildman–Crippen MR) is 72.9 cm³/mol. The predicted octanol–water partition coefficient (Wildman–Crippen LogP) is 3.18. The average molecular weight is 274 g/mol. The molecule has 1 unspecified atom stereocenters. The Labute approximate surface area is 115 Å². The van der Waals surface area contributed by atoms with E-state index in [0.717, 1.165) is 12.1 Å². The summed E-state index contributed by atoms with van der Waals surface area (Å²) >= 11 is 0. The van der Waals surface area contributed by atoms with Crippen molar-refractivity contribution in [2.45, 2.75) is 26.5 Å². The minimum atomic E-state index is -0.897. The van der Waals surface area contributed by atoms with E-state index >= 15 is 0 Å². The topological polar surface area (TPSA) is 51.2 Å². The third-order valence-electron chi connectivity index (χ3n) is 3.48. The lowest BCUT2D eigenvalue weighted by molar-refractivity contribution is 0.191. The summed E-state index contributed by atoms with van der Waals surface area (Å²) in [5, 5.41) is 15.2. The van der Waals surface area contributed by atoms with E-state index < -0.39 is 6.10 Å². The Kier molecular flexibility index (Phi) is 3.06. The zero-order valence-electron chi connectivity index (χ0n) is 11.3. The number of benzene rings is 1. The normalized spacial score (nSPS) is 13.0. The van der Waals surface area contributed by atoms with Crippen LogP contribution in [-0.4, -0.2) is 14.9 Å². The standard InChI is InChI=1S/C15H15FN2O2/c1-3-18-8-10(7-17-18)14(19)15-9(2)12-6-11(16)4-5-13(12)20-15/h4-8,14,19H,3H2,1-2H3. The van der Waals surface area contributed by atoms with Crippen molar-refractivity contribution in [1.29, 1.82) is 0 Å². The SMILES string of the molecule is CCn1cc(C(O)c2oc3ccc(F)cc3c2C)cn1. The van der Waals surface area contributed by atoms with Crippen LogP contribution in [0.3, 0.4) is 0 Å². The number of aryl methyl sites for hydroxylation is 2. The maximum atomic E-state index is 13.3. The van der Waals surface area contributed by atoms with Gasteiger partial charge in [-0.05, 0) is 32.0 Å². The summed E-state index contributed by atoms with van der Waals surface area (Å²) in [6, 6.07) is 4.33. The summed E-state index contributed by atoms with van der Waals surface area (Å²) in [5.41, 5.74) is 1.98. The molecule has 0 saturated heterocycles. The molecule has 0 radical (unpaired) electrons. The van der Waals surface area contributed by atoms with Gasteiger partial charge in [0.2, 0.25) is 0 Å². The van der Waals surface area contributed by atoms with Gasteiger partial charge in [0.15, 0.2) is 0 Å². The second kappa shape index (κ2) is 4.76. The molecule has 4 nitrogen and oxygen atoms in total. The number of hydrogen-bond acceptors (Lipinski definition) is 3. The molecule has 20 heavy (non-hydrogen) atoms. The highest BCUT2D eigenvalue weighted by Gasteiger charge is 2.21. The molecule has 0 aliphatic rings. The van der Waals surface area contributed by atoms with Crippen molar-refractivity contribution in [3.63, 3.8) is 0 Å². The van der Waals surface area contributed by atoms with Crippen molar-refractivity contribution < 1.29 is 13.9 Å². The van der Waals surface area contributed by atoms with Crippen molar-refractivity contribution in [2.75, 3.05) is 0 Å². The third kappa shape index (κ3) is 2.00. The number of aromatic nitrogens is 2. The highest BCUT2D eigenvalue weighted by atomic mass is 19.1. The van der Waals surface area contributed by atoms with Crippen LogP contribution in [0.4, 0.5) is 4.39 Å². The fraction of sp³-hybridized carbons (Fsp3) is 0.267. The molecule has 0 aliphatic heterocycles. The Bertz CT molecular complexity index is 760. The Hall–Kier alpha value is -2.14. The van der Waals surface area contributed by atoms with Gasteiger partial charge in [-0.3, -0.25) is 4.68 Å². The van der Waals surface area contributed by atoms with Crippen LogP contribution >= 0.6 is 0 Å². The van der Waals surface area contributed by atoms with Crippen molar-refractivity contribution in [3.05, 3.63) is 53.3 Å². The quantitative estimate of drug-likeness (QED) is 0.798. The number of nitrogens with zero attached hydrogens (tertiary/aromatic N) is 2. The molecule has 104 valence electrons. The first-order valence-electron chi connectivity index (χ1n) is 6.49. The zero-order valence-corrected chi connectivity index (χ0v) is 11.3. The maximum absolute atomic E-state index is 13.3. The Balaban J connectivity index is 2.07. The summed E-state index contributed by atoms with van der Waals surface area (Å²) in [4.78, 5) is 0. The van der Waals surface area contributed by atoms with Gasteiger partial charge in [-0.2, -0.15) is 5.10 Å². The average Bonchev–Trinajstić information content (AvgIpc) is 3.04. The maximum Gasteiger partial charge on any atom is 0.141 e. The molecule has 5 heteroatoms. The van der Waals surface area contributed by atoms with E-state index in [4.69, 9.17) is 4.42 Å².